The molecule has 1 amide bonds. The highest BCUT2D eigenvalue weighted by Gasteiger charge is 2.19. The SMILES string of the molecule is CC[C@@H](Oc1ccc(C)c(C)c1)C(=O)Nc1ccon1. The first-order valence-electron chi connectivity index (χ1n) is 6.55. The monoisotopic (exact) mass is 274 g/mol. The van der Waals surface area contributed by atoms with Crippen molar-refractivity contribution < 1.29 is 14.1 Å². The first-order valence-corrected chi connectivity index (χ1v) is 6.55. The average Bonchev–Trinajstić information content (AvgIpc) is 2.92. The van der Waals surface area contributed by atoms with Gasteiger partial charge in [-0.2, -0.15) is 0 Å². The summed E-state index contributed by atoms with van der Waals surface area (Å²) in [5.74, 6) is 0.840. The van der Waals surface area contributed by atoms with Gasteiger partial charge in [0.15, 0.2) is 11.9 Å². The summed E-state index contributed by atoms with van der Waals surface area (Å²) >= 11 is 0. The molecule has 0 unspecified atom stereocenters. The standard InChI is InChI=1S/C15H18N2O3/c1-4-13(15(18)16-14-7-8-19-17-14)20-12-6-5-10(2)11(3)9-12/h5-9,13H,4H2,1-3H3,(H,16,17,18)/t13-/m1/s1. The summed E-state index contributed by atoms with van der Waals surface area (Å²) in [6, 6.07) is 7.36. The average molecular weight is 274 g/mol. The lowest BCUT2D eigenvalue weighted by atomic mass is 10.1. The lowest BCUT2D eigenvalue weighted by Crippen LogP contribution is -2.32. The van der Waals surface area contributed by atoms with Gasteiger partial charge in [-0.05, 0) is 43.5 Å². The molecule has 106 valence electrons. The van der Waals surface area contributed by atoms with Crippen molar-refractivity contribution >= 4 is 11.7 Å². The predicted molar refractivity (Wildman–Crippen MR) is 75.8 cm³/mol. The molecule has 1 atom stereocenters. The third-order valence-electron chi connectivity index (χ3n) is 3.11. The summed E-state index contributed by atoms with van der Waals surface area (Å²) in [6.45, 7) is 5.94. The van der Waals surface area contributed by atoms with Crippen LogP contribution in [0, 0.1) is 13.8 Å². The van der Waals surface area contributed by atoms with Gasteiger partial charge in [0, 0.05) is 6.07 Å². The Bertz CT molecular complexity index is 579. The van der Waals surface area contributed by atoms with Crippen LogP contribution in [0.1, 0.15) is 24.5 Å². The molecule has 1 heterocycles. The maximum atomic E-state index is 12.1. The Morgan fingerprint density at radius 1 is 1.35 bits per heavy atom. The Balaban J connectivity index is 2.04. The van der Waals surface area contributed by atoms with Crippen LogP contribution in [0.5, 0.6) is 5.75 Å². The van der Waals surface area contributed by atoms with Gasteiger partial charge >= 0.3 is 0 Å². The predicted octanol–water partition coefficient (Wildman–Crippen LogP) is 3.09. The molecular formula is C15H18N2O3. The molecule has 0 saturated carbocycles. The van der Waals surface area contributed by atoms with Crippen LogP contribution in [0.3, 0.4) is 0 Å². The second kappa shape index (κ2) is 6.23. The van der Waals surface area contributed by atoms with Crippen molar-refractivity contribution in [1.82, 2.24) is 5.16 Å². The highest BCUT2D eigenvalue weighted by Crippen LogP contribution is 2.19. The molecule has 2 rings (SSSR count). The van der Waals surface area contributed by atoms with Crippen molar-refractivity contribution in [3.8, 4) is 5.75 Å². The van der Waals surface area contributed by atoms with E-state index in [2.05, 4.69) is 15.0 Å². The molecule has 0 aliphatic heterocycles. The molecule has 1 aromatic heterocycles. The molecule has 5 nitrogen and oxygen atoms in total. The van der Waals surface area contributed by atoms with Gasteiger partial charge in [-0.15, -0.1) is 0 Å². The molecule has 20 heavy (non-hydrogen) atoms. The van der Waals surface area contributed by atoms with E-state index in [9.17, 15) is 4.79 Å². The van der Waals surface area contributed by atoms with Gasteiger partial charge in [0.25, 0.3) is 5.91 Å². The number of benzene rings is 1. The van der Waals surface area contributed by atoms with Crippen LogP contribution < -0.4 is 10.1 Å². The fourth-order valence-electron chi connectivity index (χ4n) is 1.76. The number of hydrogen-bond acceptors (Lipinski definition) is 4. The minimum Gasteiger partial charge on any atom is -0.481 e. The van der Waals surface area contributed by atoms with Crippen molar-refractivity contribution in [1.29, 1.82) is 0 Å². The van der Waals surface area contributed by atoms with Crippen LogP contribution in [0.4, 0.5) is 5.82 Å². The van der Waals surface area contributed by atoms with E-state index in [1.165, 1.54) is 11.8 Å². The summed E-state index contributed by atoms with van der Waals surface area (Å²) in [5, 5.41) is 6.29. The second-order valence-electron chi connectivity index (χ2n) is 4.63. The molecule has 1 N–H and O–H groups in total. The topological polar surface area (TPSA) is 64.4 Å². The largest absolute Gasteiger partial charge is 0.481 e. The zero-order valence-electron chi connectivity index (χ0n) is 11.8. The molecule has 0 saturated heterocycles. The van der Waals surface area contributed by atoms with E-state index in [-0.39, 0.29) is 5.91 Å². The summed E-state index contributed by atoms with van der Waals surface area (Å²) < 4.78 is 10.4. The summed E-state index contributed by atoms with van der Waals surface area (Å²) in [4.78, 5) is 12.1. The van der Waals surface area contributed by atoms with Crippen LogP contribution in [-0.2, 0) is 4.79 Å². The number of ether oxygens (including phenoxy) is 1. The molecule has 1 aromatic carbocycles. The molecule has 0 spiro atoms. The summed E-state index contributed by atoms with van der Waals surface area (Å²) in [7, 11) is 0. The van der Waals surface area contributed by atoms with Crippen LogP contribution in [0.25, 0.3) is 0 Å². The summed E-state index contributed by atoms with van der Waals surface area (Å²) in [5.41, 5.74) is 2.33. The van der Waals surface area contributed by atoms with Crippen molar-refractivity contribution in [3.05, 3.63) is 41.7 Å². The highest BCUT2D eigenvalue weighted by atomic mass is 16.5. The third kappa shape index (κ3) is 3.38. The van der Waals surface area contributed by atoms with Crippen LogP contribution in [0.15, 0.2) is 35.1 Å². The fraction of sp³-hybridized carbons (Fsp3) is 0.333. The highest BCUT2D eigenvalue weighted by molar-refractivity contribution is 5.93. The Kier molecular flexibility index (Phi) is 4.40. The van der Waals surface area contributed by atoms with Gasteiger partial charge < -0.3 is 14.6 Å². The Morgan fingerprint density at radius 3 is 2.75 bits per heavy atom. The van der Waals surface area contributed by atoms with Crippen molar-refractivity contribution in [2.24, 2.45) is 0 Å². The maximum Gasteiger partial charge on any atom is 0.266 e. The summed E-state index contributed by atoms with van der Waals surface area (Å²) in [6.07, 6.45) is 1.41. The number of nitrogens with one attached hydrogen (secondary N) is 1. The number of carbonyl (C=O) groups is 1. The molecule has 0 fully saturated rings. The minimum atomic E-state index is -0.561. The molecule has 0 aliphatic rings. The van der Waals surface area contributed by atoms with Gasteiger partial charge in [0.2, 0.25) is 0 Å². The zero-order chi connectivity index (χ0) is 14.5. The van der Waals surface area contributed by atoms with Gasteiger partial charge in [0.1, 0.15) is 12.0 Å². The number of aromatic nitrogens is 1. The van der Waals surface area contributed by atoms with E-state index in [1.54, 1.807) is 6.07 Å². The van der Waals surface area contributed by atoms with Gasteiger partial charge in [-0.3, -0.25) is 4.79 Å². The van der Waals surface area contributed by atoms with Crippen molar-refractivity contribution in [2.45, 2.75) is 33.3 Å². The lowest BCUT2D eigenvalue weighted by molar-refractivity contribution is -0.122. The minimum absolute atomic E-state index is 0.236. The third-order valence-corrected chi connectivity index (χ3v) is 3.11. The quantitative estimate of drug-likeness (QED) is 0.910. The first-order chi connectivity index (χ1) is 9.60. The smallest absolute Gasteiger partial charge is 0.266 e. The van der Waals surface area contributed by atoms with E-state index < -0.39 is 6.10 Å². The Labute approximate surface area is 117 Å². The number of rotatable bonds is 5. The van der Waals surface area contributed by atoms with E-state index in [0.29, 0.717) is 18.0 Å². The molecule has 0 aliphatic carbocycles. The van der Waals surface area contributed by atoms with E-state index in [1.807, 2.05) is 39.0 Å². The molecular weight excluding hydrogens is 256 g/mol. The number of nitrogens with zero attached hydrogens (tertiary/aromatic N) is 1. The molecule has 0 radical (unpaired) electrons. The molecule has 2 aromatic rings. The second-order valence-corrected chi connectivity index (χ2v) is 4.63. The van der Waals surface area contributed by atoms with E-state index in [0.717, 1.165) is 5.56 Å². The zero-order valence-corrected chi connectivity index (χ0v) is 11.8. The van der Waals surface area contributed by atoms with Crippen LogP contribution in [0.2, 0.25) is 0 Å². The number of anilines is 1. The Morgan fingerprint density at radius 2 is 2.15 bits per heavy atom. The van der Waals surface area contributed by atoms with Crippen LogP contribution in [-0.4, -0.2) is 17.2 Å². The van der Waals surface area contributed by atoms with E-state index >= 15 is 0 Å². The number of aryl methyl sites for hydroxylation is 2. The van der Waals surface area contributed by atoms with Crippen molar-refractivity contribution in [2.75, 3.05) is 5.32 Å². The lowest BCUT2D eigenvalue weighted by Gasteiger charge is -2.17. The number of hydrogen-bond donors (Lipinski definition) is 1. The molecule has 5 heteroatoms. The van der Waals surface area contributed by atoms with Crippen molar-refractivity contribution in [3.63, 3.8) is 0 Å². The van der Waals surface area contributed by atoms with Gasteiger partial charge in [0.05, 0.1) is 0 Å². The van der Waals surface area contributed by atoms with Crippen LogP contribution >= 0.6 is 0 Å². The normalized spacial score (nSPS) is 11.9. The van der Waals surface area contributed by atoms with E-state index in [4.69, 9.17) is 4.74 Å². The number of amides is 1. The Hall–Kier alpha value is -2.30. The van der Waals surface area contributed by atoms with Gasteiger partial charge in [-0.1, -0.05) is 18.1 Å². The first kappa shape index (κ1) is 14.1. The maximum absolute atomic E-state index is 12.1. The van der Waals surface area contributed by atoms with Gasteiger partial charge in [-0.25, -0.2) is 0 Å². The fourth-order valence-corrected chi connectivity index (χ4v) is 1.76. The number of carbonyl (C=O) groups excluding carboxylic acids is 1. The molecule has 0 bridgehead atoms.